The molecule has 2 N–H and O–H groups in total. The molecule has 25 heavy (non-hydrogen) atoms. The Balaban J connectivity index is 1.61. The third kappa shape index (κ3) is 2.76. The predicted molar refractivity (Wildman–Crippen MR) is 94.0 cm³/mol. The van der Waals surface area contributed by atoms with E-state index in [0.717, 1.165) is 13.1 Å². The lowest BCUT2D eigenvalue weighted by Gasteiger charge is -2.49. The lowest BCUT2D eigenvalue weighted by molar-refractivity contribution is -0.161. The molecule has 0 saturated carbocycles. The van der Waals surface area contributed by atoms with E-state index in [0.29, 0.717) is 35.0 Å². The number of phenols is 1. The van der Waals surface area contributed by atoms with Crippen LogP contribution in [0.2, 0.25) is 10.0 Å². The van der Waals surface area contributed by atoms with Crippen LogP contribution in [0.25, 0.3) is 0 Å². The number of rotatable bonds is 2. The zero-order valence-electron chi connectivity index (χ0n) is 13.5. The fourth-order valence-electron chi connectivity index (χ4n) is 4.01. The maximum atomic E-state index is 12.9. The molecule has 0 radical (unpaired) electrons. The molecule has 3 aliphatic heterocycles. The molecule has 3 aliphatic rings. The number of amides is 2. The van der Waals surface area contributed by atoms with Crippen LogP contribution in [0, 0.1) is 0 Å². The van der Waals surface area contributed by atoms with Crippen molar-refractivity contribution in [2.24, 2.45) is 0 Å². The fourth-order valence-corrected chi connectivity index (χ4v) is 4.49. The van der Waals surface area contributed by atoms with Crippen LogP contribution < -0.4 is 5.32 Å². The van der Waals surface area contributed by atoms with Gasteiger partial charge in [-0.15, -0.1) is 0 Å². The number of hydrogen-bond acceptors (Lipinski definition) is 4. The highest BCUT2D eigenvalue weighted by atomic mass is 35.5. The van der Waals surface area contributed by atoms with Crippen LogP contribution in [0.5, 0.6) is 5.75 Å². The minimum absolute atomic E-state index is 0.00337. The van der Waals surface area contributed by atoms with Gasteiger partial charge in [0.25, 0.3) is 0 Å². The third-order valence-corrected chi connectivity index (χ3v) is 6.33. The Morgan fingerprint density at radius 2 is 1.92 bits per heavy atom. The predicted octanol–water partition coefficient (Wildman–Crippen LogP) is 1.59. The second kappa shape index (κ2) is 6.34. The van der Waals surface area contributed by atoms with E-state index < -0.39 is 6.04 Å². The minimum Gasteiger partial charge on any atom is -0.508 e. The average Bonchev–Trinajstić information content (AvgIpc) is 2.54. The number of aromatic hydroxyl groups is 1. The number of carbonyl (C=O) groups excluding carboxylic acids is 2. The molecule has 6 nitrogen and oxygen atoms in total. The van der Waals surface area contributed by atoms with Crippen molar-refractivity contribution in [3.8, 4) is 5.75 Å². The van der Waals surface area contributed by atoms with E-state index in [9.17, 15) is 14.7 Å². The molecule has 1 aromatic carbocycles. The Bertz CT molecular complexity index is 738. The van der Waals surface area contributed by atoms with E-state index in [1.54, 1.807) is 15.9 Å². The minimum atomic E-state index is -0.491. The van der Waals surface area contributed by atoms with Crippen LogP contribution in [0.3, 0.4) is 0 Å². The highest BCUT2D eigenvalue weighted by Gasteiger charge is 2.46. The first-order chi connectivity index (χ1) is 12.0. The molecule has 2 atom stereocenters. The molecule has 1 aromatic rings. The first-order valence-electron chi connectivity index (χ1n) is 8.45. The van der Waals surface area contributed by atoms with Crippen LogP contribution in [0.4, 0.5) is 0 Å². The van der Waals surface area contributed by atoms with Gasteiger partial charge in [-0.05, 0) is 30.9 Å². The Hall–Kier alpha value is -1.50. The van der Waals surface area contributed by atoms with Gasteiger partial charge in [0.15, 0.2) is 0 Å². The quantitative estimate of drug-likeness (QED) is 0.813. The van der Waals surface area contributed by atoms with E-state index in [1.165, 1.54) is 6.07 Å². The maximum Gasteiger partial charge on any atom is 0.246 e. The zero-order chi connectivity index (χ0) is 17.7. The fraction of sp³-hybridized carbons (Fsp3) is 0.529. The van der Waals surface area contributed by atoms with Crippen LogP contribution in [-0.4, -0.2) is 65.0 Å². The van der Waals surface area contributed by atoms with Crippen molar-refractivity contribution in [1.82, 2.24) is 15.1 Å². The number of phenolic OH excluding ortho intramolecular Hbond substituents is 1. The van der Waals surface area contributed by atoms with E-state index in [1.807, 2.05) is 0 Å². The lowest BCUT2D eigenvalue weighted by atomic mass is 9.83. The summed E-state index contributed by atoms with van der Waals surface area (Å²) in [5.41, 5.74) is 0.580. The molecule has 134 valence electrons. The zero-order valence-corrected chi connectivity index (χ0v) is 15.1. The Labute approximate surface area is 155 Å². The van der Waals surface area contributed by atoms with E-state index in [-0.39, 0.29) is 36.1 Å². The van der Waals surface area contributed by atoms with Crippen molar-refractivity contribution in [2.75, 3.05) is 26.2 Å². The number of piperidine rings is 1. The van der Waals surface area contributed by atoms with Gasteiger partial charge in [0.2, 0.25) is 11.8 Å². The molecule has 0 aromatic heterocycles. The largest absolute Gasteiger partial charge is 0.508 e. The summed E-state index contributed by atoms with van der Waals surface area (Å²) in [6.45, 7) is 2.11. The molecular weight excluding hydrogens is 365 g/mol. The SMILES string of the molecule is O=C1C2CC(c3c(O)ccc(Cl)c3Cl)CCN2C(=O)CN1C1CNC1. The molecule has 2 amide bonds. The van der Waals surface area contributed by atoms with Crippen LogP contribution in [0.1, 0.15) is 24.3 Å². The number of fused-ring (bicyclic) bond motifs is 1. The molecule has 0 spiro atoms. The molecule has 2 unspecified atom stereocenters. The van der Waals surface area contributed by atoms with Crippen molar-refractivity contribution in [1.29, 1.82) is 0 Å². The molecule has 3 saturated heterocycles. The van der Waals surface area contributed by atoms with Gasteiger partial charge in [0, 0.05) is 25.2 Å². The summed E-state index contributed by atoms with van der Waals surface area (Å²) in [6, 6.07) is 2.69. The number of halogens is 2. The standard InChI is InChI=1S/C17H19Cl2N3O3/c18-11-1-2-13(23)15(16(11)19)9-3-4-21-12(5-9)17(25)22(8-14(21)24)10-6-20-7-10/h1-2,9-10,12,20,23H,3-8H2. The smallest absolute Gasteiger partial charge is 0.246 e. The van der Waals surface area contributed by atoms with Crippen LogP contribution >= 0.6 is 23.2 Å². The molecular formula is C17H19Cl2N3O3. The summed E-state index contributed by atoms with van der Waals surface area (Å²) in [5, 5.41) is 14.1. The molecule has 8 heteroatoms. The van der Waals surface area contributed by atoms with Gasteiger partial charge in [-0.1, -0.05) is 23.2 Å². The molecule has 3 heterocycles. The van der Waals surface area contributed by atoms with Gasteiger partial charge in [-0.25, -0.2) is 0 Å². The Kier molecular flexibility index (Phi) is 4.30. The van der Waals surface area contributed by atoms with Crippen LogP contribution in [-0.2, 0) is 9.59 Å². The highest BCUT2D eigenvalue weighted by Crippen LogP contribution is 2.43. The van der Waals surface area contributed by atoms with Crippen molar-refractivity contribution in [2.45, 2.75) is 30.8 Å². The van der Waals surface area contributed by atoms with Crippen molar-refractivity contribution in [3.63, 3.8) is 0 Å². The number of nitrogens with one attached hydrogen (secondary N) is 1. The Morgan fingerprint density at radius 3 is 2.60 bits per heavy atom. The number of benzene rings is 1. The second-order valence-electron chi connectivity index (χ2n) is 6.90. The van der Waals surface area contributed by atoms with Crippen LogP contribution in [0.15, 0.2) is 12.1 Å². The van der Waals surface area contributed by atoms with E-state index in [2.05, 4.69) is 5.32 Å². The van der Waals surface area contributed by atoms with Gasteiger partial charge < -0.3 is 20.2 Å². The van der Waals surface area contributed by atoms with E-state index in [4.69, 9.17) is 23.2 Å². The van der Waals surface area contributed by atoms with Crippen molar-refractivity contribution >= 4 is 35.0 Å². The monoisotopic (exact) mass is 383 g/mol. The number of nitrogens with zero attached hydrogens (tertiary/aromatic N) is 2. The van der Waals surface area contributed by atoms with Gasteiger partial charge in [0.1, 0.15) is 18.3 Å². The molecule has 0 aliphatic carbocycles. The Morgan fingerprint density at radius 1 is 1.16 bits per heavy atom. The lowest BCUT2D eigenvalue weighted by Crippen LogP contribution is -2.69. The summed E-state index contributed by atoms with van der Waals surface area (Å²) in [4.78, 5) is 28.8. The second-order valence-corrected chi connectivity index (χ2v) is 7.68. The first kappa shape index (κ1) is 16.9. The summed E-state index contributed by atoms with van der Waals surface area (Å²) in [7, 11) is 0. The first-order valence-corrected chi connectivity index (χ1v) is 9.20. The third-order valence-electron chi connectivity index (χ3n) is 5.52. The van der Waals surface area contributed by atoms with Crippen molar-refractivity contribution < 1.29 is 14.7 Å². The summed E-state index contributed by atoms with van der Waals surface area (Å²) in [5.74, 6) is -0.0315. The topological polar surface area (TPSA) is 72.9 Å². The molecule has 3 fully saturated rings. The number of piperazine rings is 1. The van der Waals surface area contributed by atoms with E-state index >= 15 is 0 Å². The van der Waals surface area contributed by atoms with Gasteiger partial charge in [-0.2, -0.15) is 0 Å². The summed E-state index contributed by atoms with van der Waals surface area (Å²) < 4.78 is 0. The number of carbonyl (C=O) groups is 2. The van der Waals surface area contributed by atoms with Gasteiger partial charge in [0.05, 0.1) is 16.1 Å². The maximum absolute atomic E-state index is 12.9. The van der Waals surface area contributed by atoms with Gasteiger partial charge in [-0.3, -0.25) is 9.59 Å². The number of hydrogen-bond donors (Lipinski definition) is 2. The summed E-state index contributed by atoms with van der Waals surface area (Å²) >= 11 is 12.4. The average molecular weight is 384 g/mol. The van der Waals surface area contributed by atoms with Crippen molar-refractivity contribution in [3.05, 3.63) is 27.7 Å². The van der Waals surface area contributed by atoms with Gasteiger partial charge >= 0.3 is 0 Å². The summed E-state index contributed by atoms with van der Waals surface area (Å²) in [6.07, 6.45) is 1.10. The normalized spacial score (nSPS) is 27.3. The molecule has 4 rings (SSSR count). The highest BCUT2D eigenvalue weighted by molar-refractivity contribution is 6.42. The molecule has 0 bridgehead atoms.